The fourth-order valence-corrected chi connectivity index (χ4v) is 2.97. The first-order valence-electron chi connectivity index (χ1n) is 5.58. The zero-order valence-corrected chi connectivity index (χ0v) is 11.0. The molecule has 3 N–H and O–H groups in total. The van der Waals surface area contributed by atoms with Gasteiger partial charge in [0.1, 0.15) is 0 Å². The van der Waals surface area contributed by atoms with E-state index in [0.29, 0.717) is 5.69 Å². The lowest BCUT2D eigenvalue weighted by atomic mass is 10.2. The van der Waals surface area contributed by atoms with E-state index < -0.39 is 10.0 Å². The van der Waals surface area contributed by atoms with Gasteiger partial charge in [0.15, 0.2) is 0 Å². The average Bonchev–Trinajstić information content (AvgIpc) is 2.26. The van der Waals surface area contributed by atoms with Gasteiger partial charge in [-0.1, -0.05) is 0 Å². The molecule has 18 heavy (non-hydrogen) atoms. The lowest BCUT2D eigenvalue weighted by Crippen LogP contribution is -2.31. The SMILES string of the molecule is CC(C)NS(=O)(=O)c1ccc2c(c1)NC(=O)CN2. The maximum absolute atomic E-state index is 12.0. The minimum Gasteiger partial charge on any atom is -0.374 e. The molecule has 1 amide bonds. The summed E-state index contributed by atoms with van der Waals surface area (Å²) in [5.41, 5.74) is 1.20. The van der Waals surface area contributed by atoms with Crippen LogP contribution in [-0.4, -0.2) is 26.9 Å². The molecule has 0 atom stereocenters. The molecule has 0 spiro atoms. The van der Waals surface area contributed by atoms with E-state index >= 15 is 0 Å². The molecule has 0 unspecified atom stereocenters. The highest BCUT2D eigenvalue weighted by atomic mass is 32.2. The Hall–Kier alpha value is -1.60. The van der Waals surface area contributed by atoms with Gasteiger partial charge in [-0.05, 0) is 32.0 Å². The van der Waals surface area contributed by atoms with Crippen LogP contribution in [0.25, 0.3) is 0 Å². The Labute approximate surface area is 106 Å². The smallest absolute Gasteiger partial charge is 0.243 e. The van der Waals surface area contributed by atoms with Crippen LogP contribution >= 0.6 is 0 Å². The topological polar surface area (TPSA) is 87.3 Å². The highest BCUT2D eigenvalue weighted by Crippen LogP contribution is 2.27. The van der Waals surface area contributed by atoms with E-state index in [0.717, 1.165) is 5.69 Å². The quantitative estimate of drug-likeness (QED) is 0.755. The zero-order chi connectivity index (χ0) is 13.3. The van der Waals surface area contributed by atoms with Gasteiger partial charge in [0.05, 0.1) is 22.8 Å². The Morgan fingerprint density at radius 1 is 1.28 bits per heavy atom. The number of anilines is 2. The molecule has 0 bridgehead atoms. The van der Waals surface area contributed by atoms with E-state index in [1.807, 2.05) is 0 Å². The number of fused-ring (bicyclic) bond motifs is 1. The van der Waals surface area contributed by atoms with Gasteiger partial charge in [0.2, 0.25) is 15.9 Å². The Bertz CT molecular complexity index is 581. The normalized spacial score (nSPS) is 14.9. The van der Waals surface area contributed by atoms with Crippen molar-refractivity contribution in [1.82, 2.24) is 4.72 Å². The van der Waals surface area contributed by atoms with Gasteiger partial charge >= 0.3 is 0 Å². The summed E-state index contributed by atoms with van der Waals surface area (Å²) in [6.45, 7) is 3.70. The number of hydrogen-bond donors (Lipinski definition) is 3. The molecule has 1 aliphatic rings. The first-order valence-corrected chi connectivity index (χ1v) is 7.07. The summed E-state index contributed by atoms with van der Waals surface area (Å²) >= 11 is 0. The van der Waals surface area contributed by atoms with E-state index in [1.54, 1.807) is 19.9 Å². The van der Waals surface area contributed by atoms with Crippen LogP contribution in [0, 0.1) is 0 Å². The third-order valence-electron chi connectivity index (χ3n) is 2.41. The molecule has 0 radical (unpaired) electrons. The molecule has 1 aliphatic heterocycles. The van der Waals surface area contributed by atoms with Crippen LogP contribution in [0.4, 0.5) is 11.4 Å². The van der Waals surface area contributed by atoms with Crippen molar-refractivity contribution in [1.29, 1.82) is 0 Å². The first kappa shape index (κ1) is 12.8. The van der Waals surface area contributed by atoms with Crippen molar-refractivity contribution < 1.29 is 13.2 Å². The molecule has 7 heteroatoms. The molecule has 1 aromatic rings. The lowest BCUT2D eigenvalue weighted by molar-refractivity contribution is -0.114. The van der Waals surface area contributed by atoms with Crippen LogP contribution in [0.2, 0.25) is 0 Å². The summed E-state index contributed by atoms with van der Waals surface area (Å²) in [7, 11) is -3.54. The number of nitrogens with one attached hydrogen (secondary N) is 3. The maximum Gasteiger partial charge on any atom is 0.243 e. The molecule has 0 aliphatic carbocycles. The maximum atomic E-state index is 12.0. The molecular formula is C11H15N3O3S. The summed E-state index contributed by atoms with van der Waals surface area (Å²) < 4.78 is 26.4. The van der Waals surface area contributed by atoms with Crippen molar-refractivity contribution >= 4 is 27.3 Å². The van der Waals surface area contributed by atoms with Crippen molar-refractivity contribution in [3.63, 3.8) is 0 Å². The van der Waals surface area contributed by atoms with Crippen LogP contribution in [0.15, 0.2) is 23.1 Å². The van der Waals surface area contributed by atoms with Crippen LogP contribution in [0.5, 0.6) is 0 Å². The summed E-state index contributed by atoms with van der Waals surface area (Å²) in [6.07, 6.45) is 0. The minimum absolute atomic E-state index is 0.138. The van der Waals surface area contributed by atoms with E-state index in [-0.39, 0.29) is 23.4 Å². The molecule has 0 aromatic heterocycles. The van der Waals surface area contributed by atoms with Crippen LogP contribution in [0.1, 0.15) is 13.8 Å². The highest BCUT2D eigenvalue weighted by Gasteiger charge is 2.20. The molecule has 2 rings (SSSR count). The molecule has 0 fully saturated rings. The second-order valence-electron chi connectivity index (χ2n) is 4.39. The van der Waals surface area contributed by atoms with Gasteiger partial charge in [-0.15, -0.1) is 0 Å². The summed E-state index contributed by atoms with van der Waals surface area (Å²) in [5.74, 6) is -0.186. The standard InChI is InChI=1S/C11H15N3O3S/c1-7(2)14-18(16,17)8-3-4-9-10(5-8)13-11(15)6-12-9/h3-5,7,12,14H,6H2,1-2H3,(H,13,15). The molecule has 1 heterocycles. The van der Waals surface area contributed by atoms with Gasteiger partial charge in [-0.25, -0.2) is 13.1 Å². The molecule has 0 saturated heterocycles. The summed E-state index contributed by atoms with van der Waals surface area (Å²) in [6, 6.07) is 4.42. The predicted octanol–water partition coefficient (Wildman–Crippen LogP) is 0.737. The van der Waals surface area contributed by atoms with Crippen LogP contribution in [-0.2, 0) is 14.8 Å². The third-order valence-corrected chi connectivity index (χ3v) is 4.06. The average molecular weight is 269 g/mol. The van der Waals surface area contributed by atoms with Gasteiger partial charge in [-0.3, -0.25) is 4.79 Å². The number of sulfonamides is 1. The van der Waals surface area contributed by atoms with Crippen LogP contribution < -0.4 is 15.4 Å². The highest BCUT2D eigenvalue weighted by molar-refractivity contribution is 7.89. The minimum atomic E-state index is -3.54. The Morgan fingerprint density at radius 3 is 2.67 bits per heavy atom. The lowest BCUT2D eigenvalue weighted by Gasteiger charge is -2.19. The number of carbonyl (C=O) groups is 1. The van der Waals surface area contributed by atoms with E-state index in [2.05, 4.69) is 15.4 Å². The number of benzene rings is 1. The number of hydrogen-bond acceptors (Lipinski definition) is 4. The van der Waals surface area contributed by atoms with Crippen molar-refractivity contribution in [2.75, 3.05) is 17.2 Å². The third kappa shape index (κ3) is 2.62. The van der Waals surface area contributed by atoms with Gasteiger partial charge in [0.25, 0.3) is 0 Å². The predicted molar refractivity (Wildman–Crippen MR) is 69.0 cm³/mol. The number of carbonyl (C=O) groups excluding carboxylic acids is 1. The number of rotatable bonds is 3. The fraction of sp³-hybridized carbons (Fsp3) is 0.364. The monoisotopic (exact) mass is 269 g/mol. The Balaban J connectivity index is 2.37. The summed E-state index contributed by atoms with van der Waals surface area (Å²) in [4.78, 5) is 11.4. The molecule has 6 nitrogen and oxygen atoms in total. The van der Waals surface area contributed by atoms with E-state index in [4.69, 9.17) is 0 Å². The Morgan fingerprint density at radius 2 is 2.00 bits per heavy atom. The van der Waals surface area contributed by atoms with E-state index in [1.165, 1.54) is 12.1 Å². The van der Waals surface area contributed by atoms with Crippen molar-refractivity contribution in [2.24, 2.45) is 0 Å². The fourth-order valence-electron chi connectivity index (χ4n) is 1.70. The van der Waals surface area contributed by atoms with Gasteiger partial charge in [0, 0.05) is 6.04 Å². The second kappa shape index (κ2) is 4.58. The van der Waals surface area contributed by atoms with Crippen molar-refractivity contribution in [2.45, 2.75) is 24.8 Å². The van der Waals surface area contributed by atoms with Crippen molar-refractivity contribution in [3.8, 4) is 0 Å². The van der Waals surface area contributed by atoms with Gasteiger partial charge < -0.3 is 10.6 Å². The van der Waals surface area contributed by atoms with Crippen molar-refractivity contribution in [3.05, 3.63) is 18.2 Å². The summed E-state index contributed by atoms with van der Waals surface area (Å²) in [5, 5.41) is 5.54. The molecule has 98 valence electrons. The number of amides is 1. The second-order valence-corrected chi connectivity index (χ2v) is 6.10. The molecule has 0 saturated carbocycles. The largest absolute Gasteiger partial charge is 0.374 e. The Kier molecular flexibility index (Phi) is 3.27. The molecule has 1 aromatic carbocycles. The van der Waals surface area contributed by atoms with Crippen LogP contribution in [0.3, 0.4) is 0 Å². The van der Waals surface area contributed by atoms with E-state index in [9.17, 15) is 13.2 Å². The molecular weight excluding hydrogens is 254 g/mol. The first-order chi connectivity index (χ1) is 8.38. The zero-order valence-electron chi connectivity index (χ0n) is 10.1. The van der Waals surface area contributed by atoms with Gasteiger partial charge in [-0.2, -0.15) is 0 Å².